The summed E-state index contributed by atoms with van der Waals surface area (Å²) in [6.45, 7) is 4.07. The fraction of sp³-hybridized carbons (Fsp3) is 0.667. The summed E-state index contributed by atoms with van der Waals surface area (Å²) in [6, 6.07) is 4.52. The molecule has 0 bridgehead atoms. The minimum atomic E-state index is 0.361. The number of pyridine rings is 1. The third-order valence-electron chi connectivity index (χ3n) is 3.60. The summed E-state index contributed by atoms with van der Waals surface area (Å²) in [5, 5.41) is 3.53. The molecule has 0 saturated carbocycles. The molecule has 2 unspecified atom stereocenters. The molecule has 0 spiro atoms. The Hall–Kier alpha value is -0.450. The van der Waals surface area contributed by atoms with Crippen molar-refractivity contribution in [3.05, 3.63) is 28.5 Å². The van der Waals surface area contributed by atoms with Gasteiger partial charge >= 0.3 is 0 Å². The third-order valence-corrected chi connectivity index (χ3v) is 4.07. The van der Waals surface area contributed by atoms with Crippen LogP contribution in [0, 0.1) is 0 Å². The van der Waals surface area contributed by atoms with E-state index in [1.165, 1.54) is 25.7 Å². The molecule has 19 heavy (non-hydrogen) atoms. The Balaban J connectivity index is 1.82. The molecule has 2 atom stereocenters. The zero-order valence-electron chi connectivity index (χ0n) is 11.6. The van der Waals surface area contributed by atoms with Crippen molar-refractivity contribution >= 4 is 15.9 Å². The Morgan fingerprint density at radius 2 is 2.42 bits per heavy atom. The Kier molecular flexibility index (Phi) is 6.28. The number of hydrogen-bond donors (Lipinski definition) is 1. The van der Waals surface area contributed by atoms with Crippen LogP contribution in [-0.2, 0) is 4.74 Å². The number of nitrogens with one attached hydrogen (secondary N) is 1. The molecule has 0 aliphatic carbocycles. The van der Waals surface area contributed by atoms with Gasteiger partial charge in [-0.3, -0.25) is 4.98 Å². The lowest BCUT2D eigenvalue weighted by molar-refractivity contribution is 0.101. The van der Waals surface area contributed by atoms with E-state index < -0.39 is 0 Å². The monoisotopic (exact) mass is 326 g/mol. The van der Waals surface area contributed by atoms with Gasteiger partial charge in [-0.05, 0) is 66.7 Å². The van der Waals surface area contributed by atoms with Crippen LogP contribution in [0.25, 0.3) is 0 Å². The number of ether oxygens (including phenoxy) is 1. The lowest BCUT2D eigenvalue weighted by Crippen LogP contribution is -2.22. The molecule has 1 aromatic rings. The lowest BCUT2D eigenvalue weighted by Gasteiger charge is -2.18. The van der Waals surface area contributed by atoms with Gasteiger partial charge in [-0.1, -0.05) is 6.92 Å². The molecule has 1 saturated heterocycles. The zero-order valence-corrected chi connectivity index (χ0v) is 13.2. The number of rotatable bonds is 7. The highest BCUT2D eigenvalue weighted by molar-refractivity contribution is 9.10. The Morgan fingerprint density at radius 3 is 3.05 bits per heavy atom. The number of hydrogen-bond acceptors (Lipinski definition) is 3. The molecule has 1 fully saturated rings. The van der Waals surface area contributed by atoms with E-state index in [1.807, 2.05) is 6.20 Å². The van der Waals surface area contributed by atoms with Crippen LogP contribution in [0.15, 0.2) is 22.8 Å². The molecule has 3 nitrogen and oxygen atoms in total. The second-order valence-electron chi connectivity index (χ2n) is 5.08. The van der Waals surface area contributed by atoms with E-state index >= 15 is 0 Å². The fourth-order valence-corrected chi connectivity index (χ4v) is 2.85. The second kappa shape index (κ2) is 7.98. The van der Waals surface area contributed by atoms with Crippen LogP contribution in [0.2, 0.25) is 0 Å². The summed E-state index contributed by atoms with van der Waals surface area (Å²) < 4.78 is 6.71. The van der Waals surface area contributed by atoms with Crippen molar-refractivity contribution in [1.29, 1.82) is 0 Å². The van der Waals surface area contributed by atoms with E-state index in [9.17, 15) is 0 Å². The van der Waals surface area contributed by atoms with Gasteiger partial charge in [0.15, 0.2) is 0 Å². The maximum atomic E-state index is 5.67. The van der Waals surface area contributed by atoms with Gasteiger partial charge in [0.1, 0.15) is 0 Å². The Morgan fingerprint density at radius 1 is 1.53 bits per heavy atom. The predicted molar refractivity (Wildman–Crippen MR) is 81.2 cm³/mol. The van der Waals surface area contributed by atoms with Crippen molar-refractivity contribution in [2.75, 3.05) is 13.2 Å². The quantitative estimate of drug-likeness (QED) is 0.826. The topological polar surface area (TPSA) is 34.1 Å². The molecule has 0 amide bonds. The zero-order chi connectivity index (χ0) is 13.5. The maximum absolute atomic E-state index is 5.67. The first-order chi connectivity index (χ1) is 9.29. The summed E-state index contributed by atoms with van der Waals surface area (Å²) >= 11 is 3.43. The minimum Gasteiger partial charge on any atom is -0.378 e. The largest absolute Gasteiger partial charge is 0.378 e. The van der Waals surface area contributed by atoms with Crippen molar-refractivity contribution in [2.24, 2.45) is 0 Å². The van der Waals surface area contributed by atoms with Gasteiger partial charge in [0.05, 0.1) is 11.8 Å². The van der Waals surface area contributed by atoms with Crippen LogP contribution in [0.3, 0.4) is 0 Å². The van der Waals surface area contributed by atoms with Gasteiger partial charge in [0.25, 0.3) is 0 Å². The molecular formula is C15H23BrN2O. The third kappa shape index (κ3) is 4.86. The first-order valence-electron chi connectivity index (χ1n) is 7.26. The molecule has 1 aromatic heterocycles. The molecule has 2 rings (SSSR count). The molecule has 106 valence electrons. The smallest absolute Gasteiger partial charge is 0.0576 e. The summed E-state index contributed by atoms with van der Waals surface area (Å²) in [4.78, 5) is 4.51. The van der Waals surface area contributed by atoms with E-state index in [0.717, 1.165) is 29.7 Å². The van der Waals surface area contributed by atoms with Gasteiger partial charge < -0.3 is 10.1 Å². The highest BCUT2D eigenvalue weighted by atomic mass is 79.9. The molecule has 1 aliphatic heterocycles. The van der Waals surface area contributed by atoms with Crippen LogP contribution in [-0.4, -0.2) is 24.2 Å². The van der Waals surface area contributed by atoms with Crippen molar-refractivity contribution in [3.8, 4) is 0 Å². The molecule has 2 heterocycles. The minimum absolute atomic E-state index is 0.361. The first-order valence-corrected chi connectivity index (χ1v) is 8.05. The van der Waals surface area contributed by atoms with Crippen molar-refractivity contribution < 1.29 is 4.74 Å². The van der Waals surface area contributed by atoms with Crippen LogP contribution in [0.4, 0.5) is 0 Å². The van der Waals surface area contributed by atoms with Crippen molar-refractivity contribution in [1.82, 2.24) is 10.3 Å². The van der Waals surface area contributed by atoms with Crippen LogP contribution in [0.1, 0.15) is 50.8 Å². The highest BCUT2D eigenvalue weighted by Gasteiger charge is 2.17. The average Bonchev–Trinajstić information content (AvgIpc) is 2.92. The van der Waals surface area contributed by atoms with Crippen LogP contribution < -0.4 is 5.32 Å². The Labute approximate surface area is 124 Å². The summed E-state index contributed by atoms with van der Waals surface area (Å²) in [5.74, 6) is 0. The summed E-state index contributed by atoms with van der Waals surface area (Å²) in [5.41, 5.74) is 1.14. The normalized spacial score (nSPS) is 20.6. The molecule has 1 N–H and O–H groups in total. The molecule has 1 aliphatic rings. The molecule has 0 aromatic carbocycles. The van der Waals surface area contributed by atoms with Crippen LogP contribution in [0.5, 0.6) is 0 Å². The van der Waals surface area contributed by atoms with Crippen LogP contribution >= 0.6 is 15.9 Å². The standard InChI is InChI=1S/C15H23BrN2O/c1-2-17-14(15-9-8-12(16)11-18-15)7-3-5-13-6-4-10-19-13/h8-9,11,13-14,17H,2-7,10H2,1H3. The SMILES string of the molecule is CCNC(CCCC1CCCO1)c1ccc(Br)cn1. The fourth-order valence-electron chi connectivity index (χ4n) is 2.62. The second-order valence-corrected chi connectivity index (χ2v) is 5.99. The van der Waals surface area contributed by atoms with Gasteiger partial charge in [0.2, 0.25) is 0 Å². The molecule has 0 radical (unpaired) electrons. The van der Waals surface area contributed by atoms with Crippen molar-refractivity contribution in [2.45, 2.75) is 51.2 Å². The number of halogens is 1. The van der Waals surface area contributed by atoms with E-state index in [1.54, 1.807) is 0 Å². The predicted octanol–water partition coefficient (Wildman–Crippen LogP) is 3.84. The molecular weight excluding hydrogens is 304 g/mol. The van der Waals surface area contributed by atoms with E-state index in [-0.39, 0.29) is 0 Å². The lowest BCUT2D eigenvalue weighted by atomic mass is 10.0. The van der Waals surface area contributed by atoms with E-state index in [0.29, 0.717) is 12.1 Å². The summed E-state index contributed by atoms with van der Waals surface area (Å²) in [6.07, 6.45) is 8.35. The Bertz CT molecular complexity index is 363. The maximum Gasteiger partial charge on any atom is 0.0576 e. The number of nitrogens with zero attached hydrogens (tertiary/aromatic N) is 1. The molecule has 4 heteroatoms. The average molecular weight is 327 g/mol. The van der Waals surface area contributed by atoms with Gasteiger partial charge in [-0.15, -0.1) is 0 Å². The van der Waals surface area contributed by atoms with Gasteiger partial charge in [-0.2, -0.15) is 0 Å². The van der Waals surface area contributed by atoms with Gasteiger partial charge in [-0.25, -0.2) is 0 Å². The highest BCUT2D eigenvalue weighted by Crippen LogP contribution is 2.23. The van der Waals surface area contributed by atoms with E-state index in [4.69, 9.17) is 4.74 Å². The van der Waals surface area contributed by atoms with Crippen molar-refractivity contribution in [3.63, 3.8) is 0 Å². The van der Waals surface area contributed by atoms with E-state index in [2.05, 4.69) is 45.3 Å². The summed E-state index contributed by atoms with van der Waals surface area (Å²) in [7, 11) is 0. The first kappa shape index (κ1) is 14.9. The number of aromatic nitrogens is 1. The van der Waals surface area contributed by atoms with Gasteiger partial charge in [0, 0.05) is 23.3 Å².